The van der Waals surface area contributed by atoms with Gasteiger partial charge in [0.2, 0.25) is 0 Å². The first-order valence-corrected chi connectivity index (χ1v) is 10.3. The number of aromatic nitrogens is 1. The summed E-state index contributed by atoms with van der Waals surface area (Å²) in [7, 11) is 0. The molecule has 3 aromatic rings. The van der Waals surface area contributed by atoms with E-state index in [2.05, 4.69) is 36.1 Å². The third-order valence-corrected chi connectivity index (χ3v) is 5.41. The van der Waals surface area contributed by atoms with Crippen LogP contribution >= 0.6 is 0 Å². The van der Waals surface area contributed by atoms with Crippen LogP contribution < -0.4 is 4.74 Å². The van der Waals surface area contributed by atoms with Gasteiger partial charge in [0.1, 0.15) is 12.4 Å². The van der Waals surface area contributed by atoms with Crippen molar-refractivity contribution >= 4 is 10.9 Å². The third-order valence-electron chi connectivity index (χ3n) is 5.41. The van der Waals surface area contributed by atoms with Gasteiger partial charge in [-0.2, -0.15) is 0 Å². The van der Waals surface area contributed by atoms with E-state index in [9.17, 15) is 0 Å². The summed E-state index contributed by atoms with van der Waals surface area (Å²) in [5.41, 5.74) is 5.38. The maximum Gasteiger partial charge on any atom is 0.128 e. The van der Waals surface area contributed by atoms with Gasteiger partial charge in [0.25, 0.3) is 0 Å². The largest absolute Gasteiger partial charge is 0.490 e. The molecule has 0 spiro atoms. The molecule has 1 aromatic heterocycles. The molecule has 2 aromatic carbocycles. The van der Waals surface area contributed by atoms with Crippen LogP contribution in [0, 0.1) is 6.92 Å². The molecule has 0 unspecified atom stereocenters. The Hall–Kier alpha value is -2.47. The number of benzene rings is 2. The topological polar surface area (TPSA) is 54.8 Å². The molecule has 0 aliphatic carbocycles. The summed E-state index contributed by atoms with van der Waals surface area (Å²) >= 11 is 0. The molecule has 152 valence electrons. The lowest BCUT2D eigenvalue weighted by atomic mass is 10.0. The van der Waals surface area contributed by atoms with E-state index >= 15 is 0 Å². The van der Waals surface area contributed by atoms with Crippen LogP contribution in [0.2, 0.25) is 0 Å². The summed E-state index contributed by atoms with van der Waals surface area (Å²) in [5.74, 6) is 0.745. The molecule has 0 radical (unpaired) electrons. The molecular weight excluding hydrogens is 364 g/mol. The molecule has 5 heteroatoms. The van der Waals surface area contributed by atoms with Crippen LogP contribution in [-0.2, 0) is 11.2 Å². The van der Waals surface area contributed by atoms with Crippen molar-refractivity contribution in [2.75, 3.05) is 46.1 Å². The van der Waals surface area contributed by atoms with Crippen LogP contribution in [0.5, 0.6) is 5.75 Å². The lowest BCUT2D eigenvalue weighted by Crippen LogP contribution is -2.37. The van der Waals surface area contributed by atoms with Crippen molar-refractivity contribution in [3.05, 3.63) is 59.7 Å². The number of morpholine rings is 1. The summed E-state index contributed by atoms with van der Waals surface area (Å²) in [6.07, 6.45) is 1.04. The number of rotatable bonds is 7. The molecule has 29 heavy (non-hydrogen) atoms. The van der Waals surface area contributed by atoms with Crippen molar-refractivity contribution < 1.29 is 14.6 Å². The lowest BCUT2D eigenvalue weighted by molar-refractivity contribution is 0.0384. The summed E-state index contributed by atoms with van der Waals surface area (Å²) in [4.78, 5) is 7.36. The molecule has 0 bridgehead atoms. The number of aliphatic hydroxyl groups excluding tert-OH is 1. The van der Waals surface area contributed by atoms with Crippen LogP contribution in [0.4, 0.5) is 0 Å². The number of hydrogen-bond acceptors (Lipinski definition) is 5. The zero-order valence-electron chi connectivity index (χ0n) is 16.9. The average molecular weight is 392 g/mol. The van der Waals surface area contributed by atoms with Gasteiger partial charge in [0, 0.05) is 30.6 Å². The van der Waals surface area contributed by atoms with Gasteiger partial charge in [-0.3, -0.25) is 4.90 Å². The smallest absolute Gasteiger partial charge is 0.128 e. The van der Waals surface area contributed by atoms with Crippen molar-refractivity contribution in [1.82, 2.24) is 9.88 Å². The standard InChI is InChI=1S/C24H28N2O3/c1-18-16-23(20-4-2-3-5-24(20)29-15-12-27)25-22-7-6-19(17-21(18)22)8-9-26-10-13-28-14-11-26/h2-7,16-17,27H,8-15H2,1H3. The van der Waals surface area contributed by atoms with Crippen LogP contribution in [0.25, 0.3) is 22.2 Å². The normalized spacial score (nSPS) is 15.0. The molecule has 0 amide bonds. The van der Waals surface area contributed by atoms with Gasteiger partial charge >= 0.3 is 0 Å². The molecule has 0 saturated carbocycles. The molecule has 1 aliphatic rings. The summed E-state index contributed by atoms with van der Waals surface area (Å²) in [6.45, 7) is 7.19. The quantitative estimate of drug-likeness (QED) is 0.667. The summed E-state index contributed by atoms with van der Waals surface area (Å²) in [6, 6.07) is 16.6. The second-order valence-corrected chi connectivity index (χ2v) is 7.45. The second-order valence-electron chi connectivity index (χ2n) is 7.45. The lowest BCUT2D eigenvalue weighted by Gasteiger charge is -2.26. The Morgan fingerprint density at radius 3 is 2.76 bits per heavy atom. The first kappa shape index (κ1) is 19.8. The Kier molecular flexibility index (Phi) is 6.39. The first-order valence-electron chi connectivity index (χ1n) is 10.3. The van der Waals surface area contributed by atoms with Crippen molar-refractivity contribution in [3.8, 4) is 17.0 Å². The van der Waals surface area contributed by atoms with E-state index in [1.807, 2.05) is 24.3 Å². The monoisotopic (exact) mass is 392 g/mol. The fraction of sp³-hybridized carbons (Fsp3) is 0.375. The SMILES string of the molecule is Cc1cc(-c2ccccc2OCCO)nc2ccc(CCN3CCOCC3)cc12. The Labute approximate surface area is 171 Å². The predicted molar refractivity (Wildman–Crippen MR) is 115 cm³/mol. The third kappa shape index (κ3) is 4.75. The minimum Gasteiger partial charge on any atom is -0.490 e. The number of para-hydroxylation sites is 1. The minimum absolute atomic E-state index is 0.00819. The van der Waals surface area contributed by atoms with E-state index in [4.69, 9.17) is 19.6 Å². The molecule has 1 fully saturated rings. The van der Waals surface area contributed by atoms with Crippen molar-refractivity contribution in [1.29, 1.82) is 0 Å². The van der Waals surface area contributed by atoms with Gasteiger partial charge in [-0.25, -0.2) is 4.98 Å². The highest BCUT2D eigenvalue weighted by molar-refractivity contribution is 5.86. The fourth-order valence-corrected chi connectivity index (χ4v) is 3.81. The van der Waals surface area contributed by atoms with Gasteiger partial charge in [0.15, 0.2) is 0 Å². The second kappa shape index (κ2) is 9.35. The fourth-order valence-electron chi connectivity index (χ4n) is 3.81. The average Bonchev–Trinajstić information content (AvgIpc) is 2.77. The number of fused-ring (bicyclic) bond motifs is 1. The number of hydrogen-bond donors (Lipinski definition) is 1. The molecule has 0 atom stereocenters. The highest BCUT2D eigenvalue weighted by Gasteiger charge is 2.12. The van der Waals surface area contributed by atoms with E-state index < -0.39 is 0 Å². The summed E-state index contributed by atoms with van der Waals surface area (Å²) in [5, 5.41) is 10.3. The zero-order valence-corrected chi connectivity index (χ0v) is 16.9. The van der Waals surface area contributed by atoms with E-state index in [-0.39, 0.29) is 13.2 Å². The van der Waals surface area contributed by atoms with Gasteiger partial charge < -0.3 is 14.6 Å². The molecular formula is C24H28N2O3. The van der Waals surface area contributed by atoms with Crippen molar-refractivity contribution in [2.24, 2.45) is 0 Å². The zero-order chi connectivity index (χ0) is 20.1. The van der Waals surface area contributed by atoms with Gasteiger partial charge in [-0.1, -0.05) is 18.2 Å². The van der Waals surface area contributed by atoms with Crippen LogP contribution in [0.15, 0.2) is 48.5 Å². The maximum absolute atomic E-state index is 9.08. The van der Waals surface area contributed by atoms with E-state index in [0.29, 0.717) is 0 Å². The van der Waals surface area contributed by atoms with Crippen LogP contribution in [0.1, 0.15) is 11.1 Å². The number of nitrogens with zero attached hydrogens (tertiary/aromatic N) is 2. The highest BCUT2D eigenvalue weighted by atomic mass is 16.5. The van der Waals surface area contributed by atoms with Crippen molar-refractivity contribution in [2.45, 2.75) is 13.3 Å². The highest BCUT2D eigenvalue weighted by Crippen LogP contribution is 2.31. The minimum atomic E-state index is -0.00819. The molecule has 1 aliphatic heterocycles. The molecule has 2 heterocycles. The molecule has 1 N–H and O–H groups in total. The number of aliphatic hydroxyl groups is 1. The van der Waals surface area contributed by atoms with Gasteiger partial charge in [-0.15, -0.1) is 0 Å². The number of aryl methyl sites for hydroxylation is 1. The van der Waals surface area contributed by atoms with Gasteiger partial charge in [0.05, 0.1) is 31.0 Å². The van der Waals surface area contributed by atoms with Crippen molar-refractivity contribution in [3.63, 3.8) is 0 Å². The Morgan fingerprint density at radius 2 is 1.93 bits per heavy atom. The molecule has 1 saturated heterocycles. The first-order chi connectivity index (χ1) is 14.2. The maximum atomic E-state index is 9.08. The Balaban J connectivity index is 1.58. The molecule has 4 rings (SSSR count). The molecule has 5 nitrogen and oxygen atoms in total. The van der Waals surface area contributed by atoms with Gasteiger partial charge in [-0.05, 0) is 54.8 Å². The van der Waals surface area contributed by atoms with E-state index in [1.165, 1.54) is 16.5 Å². The predicted octanol–water partition coefficient (Wildman–Crippen LogP) is 3.46. The van der Waals surface area contributed by atoms with E-state index in [0.717, 1.165) is 61.8 Å². The Bertz CT molecular complexity index is 967. The number of ether oxygens (including phenoxy) is 2. The van der Waals surface area contributed by atoms with Crippen LogP contribution in [0.3, 0.4) is 0 Å². The van der Waals surface area contributed by atoms with E-state index in [1.54, 1.807) is 0 Å². The Morgan fingerprint density at radius 1 is 1.10 bits per heavy atom. The summed E-state index contributed by atoms with van der Waals surface area (Å²) < 4.78 is 11.1. The van der Waals surface area contributed by atoms with Crippen LogP contribution in [-0.4, -0.2) is 61.1 Å². The number of pyridine rings is 1.